The molecule has 0 amide bonds. The minimum atomic E-state index is -0.502. The van der Waals surface area contributed by atoms with E-state index in [1.54, 1.807) is 6.92 Å². The zero-order chi connectivity index (χ0) is 15.2. The Bertz CT molecular complexity index is 569. The highest BCUT2D eigenvalue weighted by atomic mass is 35.5. The van der Waals surface area contributed by atoms with Crippen molar-refractivity contribution in [3.63, 3.8) is 0 Å². The van der Waals surface area contributed by atoms with E-state index in [0.29, 0.717) is 5.02 Å². The molecule has 3 heteroatoms. The van der Waals surface area contributed by atoms with Crippen LogP contribution in [0.2, 0.25) is 5.02 Å². The molecule has 1 N–H and O–H groups in total. The number of benzene rings is 2. The standard InChI is InChI=1S/C18H22ClNO/c1-3-4-12-20(16-8-6-5-7-9-16)18-11-10-15(14(2)21)13-17(18)19/h5-11,13-14,21H,3-4,12H2,1-2H3/t14-/m0/s1. The maximum Gasteiger partial charge on any atom is 0.0762 e. The van der Waals surface area contributed by atoms with Crippen molar-refractivity contribution in [2.45, 2.75) is 32.8 Å². The van der Waals surface area contributed by atoms with E-state index >= 15 is 0 Å². The van der Waals surface area contributed by atoms with Crippen LogP contribution >= 0.6 is 11.6 Å². The fourth-order valence-corrected chi connectivity index (χ4v) is 2.61. The van der Waals surface area contributed by atoms with Crippen molar-refractivity contribution in [1.29, 1.82) is 0 Å². The fraction of sp³-hybridized carbons (Fsp3) is 0.333. The van der Waals surface area contributed by atoms with Crippen LogP contribution in [0, 0.1) is 0 Å². The van der Waals surface area contributed by atoms with Crippen molar-refractivity contribution in [2.75, 3.05) is 11.4 Å². The number of aliphatic hydroxyl groups excluding tert-OH is 1. The molecule has 0 fully saturated rings. The van der Waals surface area contributed by atoms with Gasteiger partial charge in [-0.05, 0) is 43.2 Å². The van der Waals surface area contributed by atoms with Crippen LogP contribution in [0.4, 0.5) is 11.4 Å². The topological polar surface area (TPSA) is 23.5 Å². The predicted molar refractivity (Wildman–Crippen MR) is 90.4 cm³/mol. The SMILES string of the molecule is CCCCN(c1ccccc1)c1ccc([C@H](C)O)cc1Cl. The third kappa shape index (κ3) is 3.99. The van der Waals surface area contributed by atoms with Gasteiger partial charge in [-0.25, -0.2) is 0 Å². The van der Waals surface area contributed by atoms with E-state index in [2.05, 4.69) is 24.0 Å². The van der Waals surface area contributed by atoms with Gasteiger partial charge in [-0.15, -0.1) is 0 Å². The number of para-hydroxylation sites is 1. The minimum Gasteiger partial charge on any atom is -0.389 e. The molecule has 2 aromatic rings. The molecule has 0 saturated heterocycles. The van der Waals surface area contributed by atoms with Crippen LogP contribution in [0.1, 0.15) is 38.4 Å². The Kier molecular flexibility index (Phi) is 5.66. The van der Waals surface area contributed by atoms with Crippen LogP contribution in [0.15, 0.2) is 48.5 Å². The molecule has 0 aliphatic carbocycles. The van der Waals surface area contributed by atoms with Gasteiger partial charge in [0.25, 0.3) is 0 Å². The Morgan fingerprint density at radius 3 is 2.43 bits per heavy atom. The Morgan fingerprint density at radius 2 is 1.86 bits per heavy atom. The van der Waals surface area contributed by atoms with Crippen molar-refractivity contribution >= 4 is 23.0 Å². The maximum atomic E-state index is 9.66. The second-order valence-corrected chi connectivity index (χ2v) is 5.63. The minimum absolute atomic E-state index is 0.502. The summed E-state index contributed by atoms with van der Waals surface area (Å²) in [6.45, 7) is 4.85. The summed E-state index contributed by atoms with van der Waals surface area (Å²) in [5.41, 5.74) is 2.96. The summed E-state index contributed by atoms with van der Waals surface area (Å²) < 4.78 is 0. The average molecular weight is 304 g/mol. The van der Waals surface area contributed by atoms with Gasteiger partial charge in [0.2, 0.25) is 0 Å². The van der Waals surface area contributed by atoms with Crippen LogP contribution in [-0.2, 0) is 0 Å². The van der Waals surface area contributed by atoms with Crippen molar-refractivity contribution in [3.05, 3.63) is 59.1 Å². The summed E-state index contributed by atoms with van der Waals surface area (Å²) in [4.78, 5) is 2.23. The van der Waals surface area contributed by atoms with Crippen molar-refractivity contribution in [3.8, 4) is 0 Å². The molecule has 0 radical (unpaired) electrons. The van der Waals surface area contributed by atoms with Crippen molar-refractivity contribution in [1.82, 2.24) is 0 Å². The zero-order valence-electron chi connectivity index (χ0n) is 12.6. The molecule has 0 saturated carbocycles. The summed E-state index contributed by atoms with van der Waals surface area (Å²) in [6, 6.07) is 16.0. The number of hydrogen-bond acceptors (Lipinski definition) is 2. The molecule has 0 spiro atoms. The molecule has 0 aliphatic heterocycles. The summed E-state index contributed by atoms with van der Waals surface area (Å²) in [5, 5.41) is 10.3. The van der Waals surface area contributed by atoms with Crippen molar-refractivity contribution < 1.29 is 5.11 Å². The second kappa shape index (κ2) is 7.48. The van der Waals surface area contributed by atoms with E-state index in [0.717, 1.165) is 36.3 Å². The Hall–Kier alpha value is -1.51. The van der Waals surface area contributed by atoms with Gasteiger partial charge in [0, 0.05) is 12.2 Å². The largest absolute Gasteiger partial charge is 0.389 e. The maximum absolute atomic E-state index is 9.66. The van der Waals surface area contributed by atoms with E-state index in [4.69, 9.17) is 11.6 Å². The summed E-state index contributed by atoms with van der Waals surface area (Å²) in [5.74, 6) is 0. The van der Waals surface area contributed by atoms with Gasteiger partial charge in [-0.3, -0.25) is 0 Å². The molecule has 1 atom stereocenters. The molecule has 0 aliphatic rings. The number of rotatable bonds is 6. The highest BCUT2D eigenvalue weighted by Gasteiger charge is 2.13. The molecule has 0 unspecified atom stereocenters. The van der Waals surface area contributed by atoms with E-state index in [-0.39, 0.29) is 0 Å². The normalized spacial score (nSPS) is 12.2. The van der Waals surface area contributed by atoms with Crippen LogP contribution < -0.4 is 4.90 Å². The predicted octanol–water partition coefficient (Wildman–Crippen LogP) is 5.33. The summed E-state index contributed by atoms with van der Waals surface area (Å²) in [6.07, 6.45) is 1.73. The molecular weight excluding hydrogens is 282 g/mol. The number of aliphatic hydroxyl groups is 1. The van der Waals surface area contributed by atoms with Crippen LogP contribution in [0.25, 0.3) is 0 Å². The third-order valence-electron chi connectivity index (χ3n) is 3.55. The Morgan fingerprint density at radius 1 is 1.14 bits per heavy atom. The van der Waals surface area contributed by atoms with Gasteiger partial charge in [-0.1, -0.05) is 49.2 Å². The summed E-state index contributed by atoms with van der Waals surface area (Å²) in [7, 11) is 0. The highest BCUT2D eigenvalue weighted by Crippen LogP contribution is 2.34. The van der Waals surface area contributed by atoms with Gasteiger partial charge in [0.05, 0.1) is 16.8 Å². The monoisotopic (exact) mass is 303 g/mol. The number of hydrogen-bond donors (Lipinski definition) is 1. The lowest BCUT2D eigenvalue weighted by molar-refractivity contribution is 0.199. The van der Waals surface area contributed by atoms with Gasteiger partial charge in [-0.2, -0.15) is 0 Å². The van der Waals surface area contributed by atoms with Crippen molar-refractivity contribution in [2.24, 2.45) is 0 Å². The number of nitrogens with zero attached hydrogens (tertiary/aromatic N) is 1. The lowest BCUT2D eigenvalue weighted by Gasteiger charge is -2.26. The Balaban J connectivity index is 2.37. The van der Waals surface area contributed by atoms with Gasteiger partial charge in [0.15, 0.2) is 0 Å². The highest BCUT2D eigenvalue weighted by molar-refractivity contribution is 6.33. The van der Waals surface area contributed by atoms with Crippen LogP contribution in [0.3, 0.4) is 0 Å². The first kappa shape index (κ1) is 15.9. The van der Waals surface area contributed by atoms with Crippen LogP contribution in [0.5, 0.6) is 0 Å². The second-order valence-electron chi connectivity index (χ2n) is 5.23. The van der Waals surface area contributed by atoms with Gasteiger partial charge < -0.3 is 10.0 Å². The van der Waals surface area contributed by atoms with E-state index in [1.807, 2.05) is 36.4 Å². The first-order valence-corrected chi connectivity index (χ1v) is 7.81. The average Bonchev–Trinajstić information content (AvgIpc) is 2.50. The number of anilines is 2. The number of halogens is 1. The molecule has 0 aromatic heterocycles. The molecule has 112 valence electrons. The molecule has 2 rings (SSSR count). The van der Waals surface area contributed by atoms with E-state index in [9.17, 15) is 5.11 Å². The molecule has 0 heterocycles. The molecule has 2 nitrogen and oxygen atoms in total. The smallest absolute Gasteiger partial charge is 0.0762 e. The third-order valence-corrected chi connectivity index (χ3v) is 3.85. The molecular formula is C18H22ClNO. The summed E-state index contributed by atoms with van der Waals surface area (Å²) >= 11 is 6.44. The quantitative estimate of drug-likeness (QED) is 0.779. The molecule has 0 bridgehead atoms. The number of unbranched alkanes of at least 4 members (excludes halogenated alkanes) is 1. The van der Waals surface area contributed by atoms with Gasteiger partial charge in [0.1, 0.15) is 0 Å². The molecule has 21 heavy (non-hydrogen) atoms. The fourth-order valence-electron chi connectivity index (χ4n) is 2.31. The Labute approximate surface area is 132 Å². The lowest BCUT2D eigenvalue weighted by Crippen LogP contribution is -2.18. The molecule has 2 aromatic carbocycles. The van der Waals surface area contributed by atoms with Crippen LogP contribution in [-0.4, -0.2) is 11.7 Å². The zero-order valence-corrected chi connectivity index (χ0v) is 13.3. The first-order chi connectivity index (χ1) is 10.1. The van der Waals surface area contributed by atoms with E-state index < -0.39 is 6.10 Å². The first-order valence-electron chi connectivity index (χ1n) is 7.43. The van der Waals surface area contributed by atoms with E-state index in [1.165, 1.54) is 0 Å². The van der Waals surface area contributed by atoms with Gasteiger partial charge >= 0.3 is 0 Å². The lowest BCUT2D eigenvalue weighted by atomic mass is 10.1.